The molecule has 1 aliphatic rings. The van der Waals surface area contributed by atoms with E-state index in [-0.39, 0.29) is 28.2 Å². The minimum atomic E-state index is -3.78. The van der Waals surface area contributed by atoms with Crippen molar-refractivity contribution < 1.29 is 17.9 Å². The summed E-state index contributed by atoms with van der Waals surface area (Å²) in [6.45, 7) is 5.30. The van der Waals surface area contributed by atoms with Gasteiger partial charge in [-0.2, -0.15) is 0 Å². The standard InChI is InChI=1S/C13H17ClN2O4S/c1-4-13(2,3)16-21(18,19)11-6-10-9(5-8(11)14)15-12(17)7-20-10/h5-6,16H,4,7H2,1-3H3,(H,15,17). The predicted molar refractivity (Wildman–Crippen MR) is 80.3 cm³/mol. The second-order valence-electron chi connectivity index (χ2n) is 5.46. The molecule has 8 heteroatoms. The van der Waals surface area contributed by atoms with Gasteiger partial charge in [-0.1, -0.05) is 18.5 Å². The van der Waals surface area contributed by atoms with E-state index in [1.54, 1.807) is 13.8 Å². The first-order chi connectivity index (χ1) is 9.64. The van der Waals surface area contributed by atoms with E-state index in [4.69, 9.17) is 16.3 Å². The first-order valence-electron chi connectivity index (χ1n) is 6.45. The fourth-order valence-electron chi connectivity index (χ4n) is 1.78. The first-order valence-corrected chi connectivity index (χ1v) is 8.31. The van der Waals surface area contributed by atoms with Crippen LogP contribution in [-0.2, 0) is 14.8 Å². The van der Waals surface area contributed by atoms with E-state index in [9.17, 15) is 13.2 Å². The average molecular weight is 333 g/mol. The summed E-state index contributed by atoms with van der Waals surface area (Å²) in [5.74, 6) is -0.0203. The molecule has 0 fully saturated rings. The van der Waals surface area contributed by atoms with Crippen LogP contribution in [0, 0.1) is 0 Å². The minimum Gasteiger partial charge on any atom is -0.482 e. The number of anilines is 1. The maximum Gasteiger partial charge on any atom is 0.262 e. The van der Waals surface area contributed by atoms with Crippen molar-refractivity contribution >= 4 is 33.2 Å². The molecule has 2 rings (SSSR count). The summed E-state index contributed by atoms with van der Waals surface area (Å²) in [7, 11) is -3.78. The van der Waals surface area contributed by atoms with Crippen LogP contribution < -0.4 is 14.8 Å². The Balaban J connectivity index is 2.43. The zero-order chi connectivity index (χ0) is 15.8. The van der Waals surface area contributed by atoms with Gasteiger partial charge in [0, 0.05) is 11.6 Å². The molecule has 1 heterocycles. The van der Waals surface area contributed by atoms with Gasteiger partial charge in [-0.25, -0.2) is 13.1 Å². The van der Waals surface area contributed by atoms with Gasteiger partial charge in [0.25, 0.3) is 5.91 Å². The number of carbonyl (C=O) groups is 1. The van der Waals surface area contributed by atoms with Crippen LogP contribution in [0.2, 0.25) is 5.02 Å². The van der Waals surface area contributed by atoms with Crippen molar-refractivity contribution in [1.29, 1.82) is 0 Å². The molecule has 0 unspecified atom stereocenters. The van der Waals surface area contributed by atoms with Crippen LogP contribution >= 0.6 is 11.6 Å². The van der Waals surface area contributed by atoms with Crippen LogP contribution in [0.1, 0.15) is 27.2 Å². The second-order valence-corrected chi connectivity index (χ2v) is 7.52. The van der Waals surface area contributed by atoms with Crippen LogP contribution in [0.5, 0.6) is 5.75 Å². The van der Waals surface area contributed by atoms with E-state index in [1.165, 1.54) is 12.1 Å². The summed E-state index contributed by atoms with van der Waals surface area (Å²) < 4.78 is 32.7. The lowest BCUT2D eigenvalue weighted by atomic mass is 10.0. The highest BCUT2D eigenvalue weighted by Gasteiger charge is 2.28. The highest BCUT2D eigenvalue weighted by molar-refractivity contribution is 7.89. The number of hydrogen-bond donors (Lipinski definition) is 2. The van der Waals surface area contributed by atoms with E-state index in [1.807, 2.05) is 6.92 Å². The van der Waals surface area contributed by atoms with Crippen molar-refractivity contribution in [1.82, 2.24) is 4.72 Å². The summed E-state index contributed by atoms with van der Waals surface area (Å²) in [6.07, 6.45) is 0.626. The van der Waals surface area contributed by atoms with E-state index >= 15 is 0 Å². The normalized spacial score (nSPS) is 15.1. The first kappa shape index (κ1) is 16.1. The number of sulfonamides is 1. The van der Waals surface area contributed by atoms with E-state index in [2.05, 4.69) is 10.0 Å². The molecule has 1 amide bonds. The number of benzene rings is 1. The number of amides is 1. The Bertz CT molecular complexity index is 686. The molecule has 0 spiro atoms. The van der Waals surface area contributed by atoms with Gasteiger partial charge in [-0.05, 0) is 26.3 Å². The molecular formula is C13H17ClN2O4S. The molecule has 0 atom stereocenters. The maximum absolute atomic E-state index is 12.4. The molecular weight excluding hydrogens is 316 g/mol. The smallest absolute Gasteiger partial charge is 0.262 e. The highest BCUT2D eigenvalue weighted by atomic mass is 35.5. The predicted octanol–water partition coefficient (Wildman–Crippen LogP) is 2.14. The molecule has 21 heavy (non-hydrogen) atoms. The topological polar surface area (TPSA) is 84.5 Å². The molecule has 0 aromatic heterocycles. The van der Waals surface area contributed by atoms with Crippen LogP contribution in [-0.4, -0.2) is 26.5 Å². The summed E-state index contributed by atoms with van der Waals surface area (Å²) in [5, 5.41) is 2.60. The van der Waals surface area contributed by atoms with Gasteiger partial charge >= 0.3 is 0 Å². The number of ether oxygens (including phenoxy) is 1. The molecule has 6 nitrogen and oxygen atoms in total. The van der Waals surface area contributed by atoms with E-state index < -0.39 is 15.6 Å². The Morgan fingerprint density at radius 2 is 2.10 bits per heavy atom. The molecule has 2 N–H and O–H groups in total. The number of fused-ring (bicyclic) bond motifs is 1. The molecule has 0 radical (unpaired) electrons. The zero-order valence-electron chi connectivity index (χ0n) is 12.0. The lowest BCUT2D eigenvalue weighted by molar-refractivity contribution is -0.118. The molecule has 0 saturated heterocycles. The third-order valence-corrected chi connectivity index (χ3v) is 5.41. The highest BCUT2D eigenvalue weighted by Crippen LogP contribution is 2.35. The van der Waals surface area contributed by atoms with Crippen LogP contribution in [0.25, 0.3) is 0 Å². The Kier molecular flexibility index (Phi) is 4.19. The van der Waals surface area contributed by atoms with E-state index in [0.717, 1.165) is 0 Å². The Hall–Kier alpha value is -1.31. The summed E-state index contributed by atoms with van der Waals surface area (Å²) in [5.41, 5.74) is -0.224. The molecule has 0 aliphatic carbocycles. The maximum atomic E-state index is 12.4. The number of halogens is 1. The van der Waals surface area contributed by atoms with Crippen molar-refractivity contribution in [3.05, 3.63) is 17.2 Å². The van der Waals surface area contributed by atoms with E-state index in [0.29, 0.717) is 12.1 Å². The number of nitrogens with one attached hydrogen (secondary N) is 2. The summed E-state index contributed by atoms with van der Waals surface area (Å²) >= 11 is 6.04. The quantitative estimate of drug-likeness (QED) is 0.884. The van der Waals surface area contributed by atoms with Gasteiger partial charge in [-0.3, -0.25) is 4.79 Å². The number of carbonyl (C=O) groups excluding carboxylic acids is 1. The number of hydrogen-bond acceptors (Lipinski definition) is 4. The van der Waals surface area contributed by atoms with Gasteiger partial charge in [0.1, 0.15) is 10.6 Å². The van der Waals surface area contributed by atoms with Crippen LogP contribution in [0.15, 0.2) is 17.0 Å². The molecule has 1 aromatic rings. The molecule has 116 valence electrons. The second kappa shape index (κ2) is 5.47. The Morgan fingerprint density at radius 1 is 1.43 bits per heavy atom. The summed E-state index contributed by atoms with van der Waals surface area (Å²) in [6, 6.07) is 2.70. The van der Waals surface area contributed by atoms with Crippen molar-refractivity contribution in [3.63, 3.8) is 0 Å². The van der Waals surface area contributed by atoms with Crippen LogP contribution in [0.4, 0.5) is 5.69 Å². The summed E-state index contributed by atoms with van der Waals surface area (Å²) in [4.78, 5) is 11.2. The van der Waals surface area contributed by atoms with Gasteiger partial charge < -0.3 is 10.1 Å². The third-order valence-electron chi connectivity index (χ3n) is 3.25. The SMILES string of the molecule is CCC(C)(C)NS(=O)(=O)c1cc2c(cc1Cl)NC(=O)CO2. The Morgan fingerprint density at radius 3 is 2.71 bits per heavy atom. The third kappa shape index (κ3) is 3.48. The lowest BCUT2D eigenvalue weighted by Gasteiger charge is -2.25. The fraction of sp³-hybridized carbons (Fsp3) is 0.462. The van der Waals surface area contributed by atoms with Crippen molar-refractivity contribution in [2.45, 2.75) is 37.6 Å². The largest absolute Gasteiger partial charge is 0.482 e. The number of rotatable bonds is 4. The fourth-order valence-corrected chi connectivity index (χ4v) is 3.81. The monoisotopic (exact) mass is 332 g/mol. The van der Waals surface area contributed by atoms with Gasteiger partial charge in [-0.15, -0.1) is 0 Å². The van der Waals surface area contributed by atoms with Crippen molar-refractivity contribution in [2.24, 2.45) is 0 Å². The van der Waals surface area contributed by atoms with Gasteiger partial charge in [0.2, 0.25) is 10.0 Å². The zero-order valence-corrected chi connectivity index (χ0v) is 13.6. The van der Waals surface area contributed by atoms with Crippen molar-refractivity contribution in [3.8, 4) is 5.75 Å². The van der Waals surface area contributed by atoms with Gasteiger partial charge in [0.05, 0.1) is 10.7 Å². The minimum absolute atomic E-state index is 0.0268. The van der Waals surface area contributed by atoms with Gasteiger partial charge in [0.15, 0.2) is 6.61 Å². The van der Waals surface area contributed by atoms with Crippen molar-refractivity contribution in [2.75, 3.05) is 11.9 Å². The Labute approximate surface area is 128 Å². The van der Waals surface area contributed by atoms with Crippen LogP contribution in [0.3, 0.4) is 0 Å². The molecule has 0 saturated carbocycles. The molecule has 1 aromatic carbocycles. The molecule has 0 bridgehead atoms. The lowest BCUT2D eigenvalue weighted by Crippen LogP contribution is -2.42. The average Bonchev–Trinajstić information content (AvgIpc) is 2.36. The molecule has 1 aliphatic heterocycles.